The zero-order valence-electron chi connectivity index (χ0n) is 15.7. The fourth-order valence-corrected chi connectivity index (χ4v) is 8.36. The average molecular weight is 326 g/mol. The minimum atomic E-state index is -1.12. The van der Waals surface area contributed by atoms with Crippen molar-refractivity contribution in [1.82, 2.24) is 4.90 Å². The molecule has 0 fully saturated rings. The molecule has 0 atom stereocenters. The molecule has 121 valence electrons. The summed E-state index contributed by atoms with van der Waals surface area (Å²) in [5.41, 5.74) is 7.15. The standard InChI is InChI=1S/C17H30N.2CH3.Ti/c1-7-13-14(8-2)16(10-4)17(15(13)9-3)11-12-18(5)6;;;/h7-12H2,1-6H3;2*1H3;. The first-order valence-corrected chi connectivity index (χ1v) is 12.7. The van der Waals surface area contributed by atoms with E-state index in [-0.39, 0.29) is 0 Å². The molecule has 1 aliphatic carbocycles. The second kappa shape index (κ2) is 8.13. The van der Waals surface area contributed by atoms with Crippen molar-refractivity contribution in [2.75, 3.05) is 20.6 Å². The summed E-state index contributed by atoms with van der Waals surface area (Å²) < 4.78 is 0.491. The molecule has 0 amide bonds. The van der Waals surface area contributed by atoms with Gasteiger partial charge in [0.05, 0.1) is 0 Å². The molecule has 0 unspecified atom stereocenters. The molecule has 0 heterocycles. The van der Waals surface area contributed by atoms with E-state index in [1.54, 1.807) is 11.1 Å². The molecule has 2 heteroatoms. The van der Waals surface area contributed by atoms with E-state index >= 15 is 0 Å². The van der Waals surface area contributed by atoms with Gasteiger partial charge in [0, 0.05) is 0 Å². The van der Waals surface area contributed by atoms with Gasteiger partial charge in [-0.1, -0.05) is 0 Å². The number of hydrogen-bond acceptors (Lipinski definition) is 1. The number of allylic oxidation sites excluding steroid dienone is 4. The van der Waals surface area contributed by atoms with Gasteiger partial charge in [-0.05, 0) is 0 Å². The van der Waals surface area contributed by atoms with Crippen molar-refractivity contribution in [3.8, 4) is 0 Å². The van der Waals surface area contributed by atoms with Crippen LogP contribution in [0.5, 0.6) is 0 Å². The van der Waals surface area contributed by atoms with Crippen LogP contribution in [0.4, 0.5) is 0 Å². The molecule has 0 aromatic rings. The Kier molecular flexibility index (Phi) is 7.44. The van der Waals surface area contributed by atoms with Gasteiger partial charge in [-0.2, -0.15) is 0 Å². The summed E-state index contributed by atoms with van der Waals surface area (Å²) in [7, 11) is 4.44. The van der Waals surface area contributed by atoms with Crippen LogP contribution in [-0.4, -0.2) is 25.5 Å². The van der Waals surface area contributed by atoms with Gasteiger partial charge in [0.2, 0.25) is 0 Å². The Labute approximate surface area is 139 Å². The van der Waals surface area contributed by atoms with Crippen molar-refractivity contribution < 1.29 is 17.9 Å². The van der Waals surface area contributed by atoms with Crippen LogP contribution in [0, 0.1) is 0 Å². The van der Waals surface area contributed by atoms with Gasteiger partial charge in [-0.25, -0.2) is 0 Å². The number of hydrogen-bond donors (Lipinski definition) is 0. The van der Waals surface area contributed by atoms with Crippen molar-refractivity contribution in [1.29, 1.82) is 0 Å². The number of rotatable bonds is 8. The van der Waals surface area contributed by atoms with Gasteiger partial charge < -0.3 is 0 Å². The van der Waals surface area contributed by atoms with Crippen molar-refractivity contribution in [2.45, 2.75) is 74.0 Å². The Hall–Kier alpha value is 0.154. The fourth-order valence-electron chi connectivity index (χ4n) is 4.49. The van der Waals surface area contributed by atoms with Crippen LogP contribution in [0.1, 0.15) is 59.8 Å². The van der Waals surface area contributed by atoms with Crippen molar-refractivity contribution >= 4 is 0 Å². The topological polar surface area (TPSA) is 3.24 Å². The van der Waals surface area contributed by atoms with Gasteiger partial charge in [0.1, 0.15) is 0 Å². The molecule has 1 aliphatic rings. The molecule has 1 nitrogen and oxygen atoms in total. The second-order valence-corrected chi connectivity index (χ2v) is 11.2. The Balaban J connectivity index is 3.48. The minimum absolute atomic E-state index is 0.491. The van der Waals surface area contributed by atoms with Gasteiger partial charge in [0.15, 0.2) is 0 Å². The monoisotopic (exact) mass is 326 g/mol. The first-order chi connectivity index (χ1) is 9.90. The summed E-state index contributed by atoms with van der Waals surface area (Å²) in [5, 5.41) is 5.21. The molecule has 0 aromatic carbocycles. The summed E-state index contributed by atoms with van der Waals surface area (Å²) in [6, 6.07) is 0. The Morgan fingerprint density at radius 2 is 1.24 bits per heavy atom. The predicted octanol–water partition coefficient (Wildman–Crippen LogP) is 6.06. The Morgan fingerprint density at radius 3 is 1.48 bits per heavy atom. The molecule has 0 spiro atoms. The molecule has 0 saturated carbocycles. The molecular formula is C19H36NTi. The molecule has 1 rings (SSSR count). The van der Waals surface area contributed by atoms with Gasteiger partial charge in [-0.15, -0.1) is 0 Å². The Morgan fingerprint density at radius 1 is 0.810 bits per heavy atom. The summed E-state index contributed by atoms with van der Waals surface area (Å²) in [4.78, 5) is 2.37. The quantitative estimate of drug-likeness (QED) is 0.490. The van der Waals surface area contributed by atoms with Crippen LogP contribution in [0.25, 0.3) is 0 Å². The van der Waals surface area contributed by atoms with Gasteiger partial charge in [-0.3, -0.25) is 0 Å². The molecule has 0 aliphatic heterocycles. The summed E-state index contributed by atoms with van der Waals surface area (Å²) in [6.45, 7) is 10.7. The predicted molar refractivity (Wildman–Crippen MR) is 92.8 cm³/mol. The van der Waals surface area contributed by atoms with Crippen LogP contribution in [0.3, 0.4) is 0 Å². The van der Waals surface area contributed by atoms with Gasteiger partial charge in [0.25, 0.3) is 0 Å². The molecule has 0 bridgehead atoms. The third kappa shape index (κ3) is 3.41. The fraction of sp³-hybridized carbons (Fsp3) is 0.789. The SMILES string of the molecule is CCC1=C(CC)[C](CCN(C)C)([Ti]([CH3])[CH3])C(CC)=C1CC. The summed E-state index contributed by atoms with van der Waals surface area (Å²) in [5.74, 6) is 0. The molecule has 0 radical (unpaired) electrons. The molecule has 0 aromatic heterocycles. The van der Waals surface area contributed by atoms with E-state index < -0.39 is 17.9 Å². The van der Waals surface area contributed by atoms with E-state index in [0.717, 1.165) is 0 Å². The van der Waals surface area contributed by atoms with Crippen LogP contribution in [0.2, 0.25) is 14.2 Å². The molecule has 0 N–H and O–H groups in total. The summed E-state index contributed by atoms with van der Waals surface area (Å²) in [6.07, 6.45) is 6.31. The van der Waals surface area contributed by atoms with E-state index in [9.17, 15) is 0 Å². The maximum absolute atomic E-state index is 2.60. The van der Waals surface area contributed by atoms with E-state index in [2.05, 4.69) is 57.1 Å². The molecular weight excluding hydrogens is 290 g/mol. The summed E-state index contributed by atoms with van der Waals surface area (Å²) >= 11 is -1.12. The third-order valence-electron chi connectivity index (χ3n) is 5.32. The van der Waals surface area contributed by atoms with Gasteiger partial charge >= 0.3 is 140 Å². The molecule has 21 heavy (non-hydrogen) atoms. The van der Waals surface area contributed by atoms with Crippen LogP contribution in [-0.2, 0) is 17.9 Å². The van der Waals surface area contributed by atoms with E-state index in [0.29, 0.717) is 3.72 Å². The van der Waals surface area contributed by atoms with E-state index in [4.69, 9.17) is 0 Å². The third-order valence-corrected chi connectivity index (χ3v) is 9.32. The normalized spacial score (nSPS) is 18.1. The zero-order valence-corrected chi connectivity index (χ0v) is 17.3. The van der Waals surface area contributed by atoms with Crippen molar-refractivity contribution in [3.05, 3.63) is 22.3 Å². The maximum atomic E-state index is 2.60. The second-order valence-electron chi connectivity index (χ2n) is 6.79. The van der Waals surface area contributed by atoms with E-state index in [1.807, 2.05) is 11.1 Å². The van der Waals surface area contributed by atoms with Crippen molar-refractivity contribution in [2.24, 2.45) is 0 Å². The van der Waals surface area contributed by atoms with Crippen LogP contribution >= 0.6 is 0 Å². The number of nitrogens with zero attached hydrogens (tertiary/aromatic N) is 1. The molecule has 0 saturated heterocycles. The Bertz CT molecular complexity index is 387. The van der Waals surface area contributed by atoms with Crippen LogP contribution in [0.15, 0.2) is 22.3 Å². The van der Waals surface area contributed by atoms with E-state index in [1.165, 1.54) is 38.6 Å². The first kappa shape index (κ1) is 19.2. The zero-order chi connectivity index (χ0) is 16.2. The first-order valence-electron chi connectivity index (χ1n) is 8.81. The van der Waals surface area contributed by atoms with Crippen molar-refractivity contribution in [3.63, 3.8) is 0 Å². The van der Waals surface area contributed by atoms with Crippen LogP contribution < -0.4 is 0 Å². The average Bonchev–Trinajstić information content (AvgIpc) is 2.73.